The van der Waals surface area contributed by atoms with Crippen LogP contribution in [0.4, 0.5) is 0 Å². The number of ether oxygens (including phenoxy) is 2. The Hall–Kier alpha value is -3.26. The molecule has 0 radical (unpaired) electrons. The topological polar surface area (TPSA) is 18.5 Å². The summed E-state index contributed by atoms with van der Waals surface area (Å²) in [5.41, 5.74) is 5.97. The number of hydrogen-bond acceptors (Lipinski definition) is 2. The van der Waals surface area contributed by atoms with Gasteiger partial charge >= 0.3 is 0 Å². The number of benzene rings is 4. The van der Waals surface area contributed by atoms with Crippen LogP contribution in [0.15, 0.2) is 61.2 Å². The highest BCUT2D eigenvalue weighted by atomic mass is 16.5. The molecule has 4 aromatic rings. The Morgan fingerprint density at radius 1 is 0.694 bits per heavy atom. The van der Waals surface area contributed by atoms with Gasteiger partial charge in [-0.15, -0.1) is 0 Å². The molecular formula is C34H40O2. The SMILES string of the molecule is C=Cc1c(-c2ccc(OCC(C)CC)c(OCC(C)CC)c2)c2cc(C)ccc2c2ccc(C)cc12. The van der Waals surface area contributed by atoms with Crippen LogP contribution in [0.1, 0.15) is 57.2 Å². The molecule has 0 N–H and O–H groups in total. The van der Waals surface area contributed by atoms with Crippen LogP contribution in [0.3, 0.4) is 0 Å². The Morgan fingerprint density at radius 3 is 1.83 bits per heavy atom. The molecule has 0 amide bonds. The fraction of sp³-hybridized carbons (Fsp3) is 0.353. The molecule has 0 saturated heterocycles. The molecular weight excluding hydrogens is 440 g/mol. The molecule has 0 aliphatic rings. The molecule has 0 heterocycles. The van der Waals surface area contributed by atoms with Gasteiger partial charge in [0.2, 0.25) is 0 Å². The highest BCUT2D eigenvalue weighted by molar-refractivity contribution is 6.18. The molecule has 4 rings (SSSR count). The van der Waals surface area contributed by atoms with Gasteiger partial charge in [0.15, 0.2) is 11.5 Å². The summed E-state index contributed by atoms with van der Waals surface area (Å²) in [5, 5.41) is 4.99. The first-order valence-electron chi connectivity index (χ1n) is 13.3. The highest BCUT2D eigenvalue weighted by Crippen LogP contribution is 2.43. The van der Waals surface area contributed by atoms with E-state index in [1.165, 1.54) is 38.2 Å². The first kappa shape index (κ1) is 25.8. The minimum Gasteiger partial charge on any atom is -0.489 e. The third-order valence-electron chi connectivity index (χ3n) is 7.35. The van der Waals surface area contributed by atoms with Gasteiger partial charge in [0.25, 0.3) is 0 Å². The molecule has 0 aliphatic heterocycles. The standard InChI is InChI=1S/C34H40O2/c1-8-22(4)20-35-32-16-13-26(19-33(32)36-21-23(5)9-2)34-27(10-3)30-17-24(6)11-14-28(30)29-15-12-25(7)18-31(29)34/h10-19,22-23H,3,8-9,20-21H2,1-2,4-7H3. The van der Waals surface area contributed by atoms with Crippen LogP contribution in [0.5, 0.6) is 11.5 Å². The monoisotopic (exact) mass is 480 g/mol. The molecule has 4 aromatic carbocycles. The number of aryl methyl sites for hydroxylation is 2. The predicted octanol–water partition coefficient (Wildman–Crippen LogP) is 9.77. The van der Waals surface area contributed by atoms with E-state index in [0.717, 1.165) is 35.5 Å². The van der Waals surface area contributed by atoms with Crippen molar-refractivity contribution in [2.24, 2.45) is 11.8 Å². The summed E-state index contributed by atoms with van der Waals surface area (Å²) in [7, 11) is 0. The Bertz CT molecular complexity index is 1380. The van der Waals surface area contributed by atoms with Crippen molar-refractivity contribution in [3.8, 4) is 22.6 Å². The van der Waals surface area contributed by atoms with Crippen molar-refractivity contribution in [1.82, 2.24) is 0 Å². The summed E-state index contributed by atoms with van der Waals surface area (Å²) in [6, 6.07) is 19.9. The molecule has 2 unspecified atom stereocenters. The van der Waals surface area contributed by atoms with Crippen LogP contribution in [-0.4, -0.2) is 13.2 Å². The second kappa shape index (κ2) is 11.2. The van der Waals surface area contributed by atoms with Gasteiger partial charge < -0.3 is 9.47 Å². The van der Waals surface area contributed by atoms with E-state index in [1.807, 2.05) is 6.08 Å². The molecule has 2 heteroatoms. The first-order valence-corrected chi connectivity index (χ1v) is 13.3. The van der Waals surface area contributed by atoms with Crippen LogP contribution in [0.25, 0.3) is 38.7 Å². The Kier molecular flexibility index (Phi) is 8.04. The van der Waals surface area contributed by atoms with Gasteiger partial charge in [-0.25, -0.2) is 0 Å². The van der Waals surface area contributed by atoms with Crippen molar-refractivity contribution >= 4 is 27.6 Å². The molecule has 2 nitrogen and oxygen atoms in total. The average molecular weight is 481 g/mol. The molecule has 0 fully saturated rings. The zero-order valence-corrected chi connectivity index (χ0v) is 22.8. The minimum absolute atomic E-state index is 0.479. The van der Waals surface area contributed by atoms with Crippen molar-refractivity contribution in [3.05, 3.63) is 77.9 Å². The highest BCUT2D eigenvalue weighted by Gasteiger charge is 2.18. The van der Waals surface area contributed by atoms with Gasteiger partial charge in [-0.3, -0.25) is 0 Å². The van der Waals surface area contributed by atoms with E-state index in [1.54, 1.807) is 0 Å². The second-order valence-electron chi connectivity index (χ2n) is 10.4. The van der Waals surface area contributed by atoms with E-state index < -0.39 is 0 Å². The molecule has 188 valence electrons. The third-order valence-corrected chi connectivity index (χ3v) is 7.35. The van der Waals surface area contributed by atoms with Crippen molar-refractivity contribution in [1.29, 1.82) is 0 Å². The average Bonchev–Trinajstić information content (AvgIpc) is 2.89. The van der Waals surface area contributed by atoms with Crippen molar-refractivity contribution < 1.29 is 9.47 Å². The maximum Gasteiger partial charge on any atom is 0.161 e. The van der Waals surface area contributed by atoms with Gasteiger partial charge in [-0.1, -0.05) is 107 Å². The largest absolute Gasteiger partial charge is 0.489 e. The zero-order valence-electron chi connectivity index (χ0n) is 22.8. The van der Waals surface area contributed by atoms with E-state index >= 15 is 0 Å². The van der Waals surface area contributed by atoms with E-state index in [-0.39, 0.29) is 0 Å². The van der Waals surface area contributed by atoms with Crippen LogP contribution in [0.2, 0.25) is 0 Å². The number of fused-ring (bicyclic) bond motifs is 3. The molecule has 0 saturated carbocycles. The molecule has 0 aromatic heterocycles. The summed E-state index contributed by atoms with van der Waals surface area (Å²) < 4.78 is 12.6. The summed E-state index contributed by atoms with van der Waals surface area (Å²) in [4.78, 5) is 0. The fourth-order valence-corrected chi connectivity index (χ4v) is 4.61. The second-order valence-corrected chi connectivity index (χ2v) is 10.4. The summed E-state index contributed by atoms with van der Waals surface area (Å²) in [5.74, 6) is 2.61. The van der Waals surface area contributed by atoms with Gasteiger partial charge in [-0.2, -0.15) is 0 Å². The van der Waals surface area contributed by atoms with Crippen LogP contribution in [0, 0.1) is 25.7 Å². The summed E-state index contributed by atoms with van der Waals surface area (Å²) >= 11 is 0. The van der Waals surface area contributed by atoms with Gasteiger partial charge in [0, 0.05) is 0 Å². The van der Waals surface area contributed by atoms with E-state index in [0.29, 0.717) is 25.0 Å². The van der Waals surface area contributed by atoms with Gasteiger partial charge in [0.1, 0.15) is 0 Å². The van der Waals surface area contributed by atoms with Crippen LogP contribution >= 0.6 is 0 Å². The van der Waals surface area contributed by atoms with Crippen LogP contribution < -0.4 is 9.47 Å². The Morgan fingerprint density at radius 2 is 1.25 bits per heavy atom. The lowest BCUT2D eigenvalue weighted by molar-refractivity contribution is 0.218. The summed E-state index contributed by atoms with van der Waals surface area (Å²) in [6.45, 7) is 18.7. The van der Waals surface area contributed by atoms with Crippen LogP contribution in [-0.2, 0) is 0 Å². The van der Waals surface area contributed by atoms with Crippen molar-refractivity contribution in [3.63, 3.8) is 0 Å². The quantitative estimate of drug-likeness (QED) is 0.210. The Balaban J connectivity index is 1.94. The number of hydrogen-bond donors (Lipinski definition) is 0. The van der Waals surface area contributed by atoms with E-state index in [4.69, 9.17) is 9.47 Å². The van der Waals surface area contributed by atoms with E-state index in [2.05, 4.69) is 103 Å². The minimum atomic E-state index is 0.479. The van der Waals surface area contributed by atoms with Crippen molar-refractivity contribution in [2.75, 3.05) is 13.2 Å². The fourth-order valence-electron chi connectivity index (χ4n) is 4.61. The molecule has 36 heavy (non-hydrogen) atoms. The molecule has 0 aliphatic carbocycles. The first-order chi connectivity index (χ1) is 17.4. The lowest BCUT2D eigenvalue weighted by Crippen LogP contribution is -2.11. The lowest BCUT2D eigenvalue weighted by Gasteiger charge is -2.20. The Labute approximate surface area is 216 Å². The molecule has 0 spiro atoms. The third kappa shape index (κ3) is 5.28. The lowest BCUT2D eigenvalue weighted by atomic mass is 9.87. The van der Waals surface area contributed by atoms with Crippen molar-refractivity contribution in [2.45, 2.75) is 54.4 Å². The van der Waals surface area contributed by atoms with E-state index in [9.17, 15) is 0 Å². The van der Waals surface area contributed by atoms with Gasteiger partial charge in [0.05, 0.1) is 13.2 Å². The maximum absolute atomic E-state index is 6.38. The summed E-state index contributed by atoms with van der Waals surface area (Å²) in [6.07, 6.45) is 4.18. The molecule has 2 atom stereocenters. The predicted molar refractivity (Wildman–Crippen MR) is 156 cm³/mol. The zero-order chi connectivity index (χ0) is 25.8. The molecule has 0 bridgehead atoms. The normalized spacial score (nSPS) is 13.1. The number of rotatable bonds is 10. The van der Waals surface area contributed by atoms with Gasteiger partial charge in [-0.05, 0) is 76.1 Å². The maximum atomic E-state index is 6.38. The smallest absolute Gasteiger partial charge is 0.161 e.